The zero-order chi connectivity index (χ0) is 18.2. The van der Waals surface area contributed by atoms with Crippen LogP contribution in [0.2, 0.25) is 0 Å². The first-order valence-electron chi connectivity index (χ1n) is 7.19. The van der Waals surface area contributed by atoms with E-state index in [1.54, 1.807) is 0 Å². The third-order valence-electron chi connectivity index (χ3n) is 3.66. The van der Waals surface area contributed by atoms with Crippen molar-refractivity contribution in [3.8, 4) is 5.88 Å². The standard InChI is InChI=1S/C16H11F5N2O2/c17-11-2-1-3-12(18)14(11)15(24)23-7-10(8-23)25-13-6-9(4-5-22-13)16(19,20)21/h1-6,10H,7-8H2. The van der Waals surface area contributed by atoms with E-state index in [2.05, 4.69) is 4.98 Å². The van der Waals surface area contributed by atoms with Gasteiger partial charge in [-0.2, -0.15) is 13.2 Å². The second-order valence-corrected chi connectivity index (χ2v) is 5.43. The molecule has 1 amide bonds. The van der Waals surface area contributed by atoms with Gasteiger partial charge in [0.05, 0.1) is 18.7 Å². The molecule has 1 saturated heterocycles. The number of hydrogen-bond donors (Lipinski definition) is 0. The lowest BCUT2D eigenvalue weighted by atomic mass is 10.1. The number of hydrogen-bond acceptors (Lipinski definition) is 3. The lowest BCUT2D eigenvalue weighted by Crippen LogP contribution is -2.56. The van der Waals surface area contributed by atoms with E-state index in [1.807, 2.05) is 0 Å². The van der Waals surface area contributed by atoms with Crippen LogP contribution in [0.4, 0.5) is 22.0 Å². The van der Waals surface area contributed by atoms with Crippen molar-refractivity contribution >= 4 is 5.91 Å². The van der Waals surface area contributed by atoms with Crippen LogP contribution in [0.3, 0.4) is 0 Å². The first kappa shape index (κ1) is 17.1. The molecule has 2 aromatic rings. The van der Waals surface area contributed by atoms with E-state index in [0.717, 1.165) is 41.4 Å². The molecular formula is C16H11F5N2O2. The molecule has 25 heavy (non-hydrogen) atoms. The molecule has 0 unspecified atom stereocenters. The summed E-state index contributed by atoms with van der Waals surface area (Å²) in [6.45, 7) is -0.0188. The maximum absolute atomic E-state index is 13.6. The Morgan fingerprint density at radius 2 is 1.80 bits per heavy atom. The molecule has 0 bridgehead atoms. The van der Waals surface area contributed by atoms with Gasteiger partial charge in [0.25, 0.3) is 5.91 Å². The minimum atomic E-state index is -4.52. The largest absolute Gasteiger partial charge is 0.471 e. The number of benzene rings is 1. The summed E-state index contributed by atoms with van der Waals surface area (Å²) in [5, 5.41) is 0. The molecular weight excluding hydrogens is 347 g/mol. The van der Waals surface area contributed by atoms with Gasteiger partial charge in [-0.25, -0.2) is 13.8 Å². The van der Waals surface area contributed by atoms with Crippen molar-refractivity contribution in [2.24, 2.45) is 0 Å². The van der Waals surface area contributed by atoms with Gasteiger partial charge in [-0.1, -0.05) is 6.07 Å². The molecule has 1 aromatic carbocycles. The number of carbonyl (C=O) groups excluding carboxylic acids is 1. The van der Waals surface area contributed by atoms with Crippen LogP contribution >= 0.6 is 0 Å². The summed E-state index contributed by atoms with van der Waals surface area (Å²) in [5.41, 5.74) is -1.57. The number of halogens is 5. The first-order valence-corrected chi connectivity index (χ1v) is 7.19. The zero-order valence-electron chi connectivity index (χ0n) is 12.6. The quantitative estimate of drug-likeness (QED) is 0.791. The third kappa shape index (κ3) is 3.54. The van der Waals surface area contributed by atoms with Crippen molar-refractivity contribution in [3.05, 3.63) is 59.3 Å². The minimum absolute atomic E-state index is 0.00939. The van der Waals surface area contributed by atoms with E-state index in [4.69, 9.17) is 4.74 Å². The fourth-order valence-electron chi connectivity index (χ4n) is 2.36. The molecule has 0 atom stereocenters. The van der Waals surface area contributed by atoms with E-state index in [0.29, 0.717) is 0 Å². The van der Waals surface area contributed by atoms with Gasteiger partial charge in [0.15, 0.2) is 0 Å². The fraction of sp³-hybridized carbons (Fsp3) is 0.250. The van der Waals surface area contributed by atoms with Crippen LogP contribution in [0.5, 0.6) is 5.88 Å². The van der Waals surface area contributed by atoms with Crippen molar-refractivity contribution in [2.75, 3.05) is 13.1 Å². The SMILES string of the molecule is O=C(c1c(F)cccc1F)N1CC(Oc2cc(C(F)(F)F)ccn2)C1. The maximum Gasteiger partial charge on any atom is 0.416 e. The van der Waals surface area contributed by atoms with Gasteiger partial charge in [0.1, 0.15) is 23.3 Å². The molecule has 0 saturated carbocycles. The smallest absolute Gasteiger partial charge is 0.416 e. The third-order valence-corrected chi connectivity index (χ3v) is 3.66. The summed E-state index contributed by atoms with van der Waals surface area (Å²) in [7, 11) is 0. The highest BCUT2D eigenvalue weighted by atomic mass is 19.4. The van der Waals surface area contributed by atoms with Crippen LogP contribution in [0.1, 0.15) is 15.9 Å². The van der Waals surface area contributed by atoms with Gasteiger partial charge in [-0.3, -0.25) is 4.79 Å². The predicted molar refractivity (Wildman–Crippen MR) is 75.9 cm³/mol. The topological polar surface area (TPSA) is 42.4 Å². The van der Waals surface area contributed by atoms with Gasteiger partial charge >= 0.3 is 6.18 Å². The Kier molecular flexibility index (Phi) is 4.32. The second-order valence-electron chi connectivity index (χ2n) is 5.43. The average Bonchev–Trinajstić information content (AvgIpc) is 2.49. The summed E-state index contributed by atoms with van der Waals surface area (Å²) < 4.78 is 70.3. The summed E-state index contributed by atoms with van der Waals surface area (Å²) in [4.78, 5) is 16.9. The van der Waals surface area contributed by atoms with Crippen LogP contribution in [0, 0.1) is 11.6 Å². The van der Waals surface area contributed by atoms with Gasteiger partial charge in [0, 0.05) is 12.3 Å². The fourth-order valence-corrected chi connectivity index (χ4v) is 2.36. The second kappa shape index (κ2) is 6.30. The molecule has 0 spiro atoms. The van der Waals surface area contributed by atoms with Crippen LogP contribution in [0.25, 0.3) is 0 Å². The van der Waals surface area contributed by atoms with Crippen LogP contribution in [-0.4, -0.2) is 35.0 Å². The zero-order valence-corrected chi connectivity index (χ0v) is 12.6. The van der Waals surface area contributed by atoms with Crippen LogP contribution in [-0.2, 0) is 6.18 Å². The molecule has 0 N–H and O–H groups in total. The number of aromatic nitrogens is 1. The number of nitrogens with zero attached hydrogens (tertiary/aromatic N) is 2. The maximum atomic E-state index is 13.6. The summed E-state index contributed by atoms with van der Waals surface area (Å²) in [5.74, 6) is -3.03. The van der Waals surface area contributed by atoms with E-state index in [9.17, 15) is 26.7 Å². The first-order chi connectivity index (χ1) is 11.8. The lowest BCUT2D eigenvalue weighted by Gasteiger charge is -2.38. The predicted octanol–water partition coefficient (Wildman–Crippen LogP) is 3.28. The molecule has 1 aliphatic heterocycles. The molecule has 1 aromatic heterocycles. The minimum Gasteiger partial charge on any atom is -0.471 e. The molecule has 0 aliphatic carbocycles. The van der Waals surface area contributed by atoms with Gasteiger partial charge in [-0.05, 0) is 18.2 Å². The van der Waals surface area contributed by atoms with E-state index in [1.165, 1.54) is 0 Å². The highest BCUT2D eigenvalue weighted by molar-refractivity contribution is 5.95. The van der Waals surface area contributed by atoms with Gasteiger partial charge < -0.3 is 9.64 Å². The van der Waals surface area contributed by atoms with E-state index >= 15 is 0 Å². The van der Waals surface area contributed by atoms with Crippen LogP contribution < -0.4 is 4.74 Å². The Labute approximate surface area is 138 Å². The summed E-state index contributed by atoms with van der Waals surface area (Å²) >= 11 is 0. The Morgan fingerprint density at radius 3 is 2.40 bits per heavy atom. The Bertz CT molecular complexity index is 783. The Balaban J connectivity index is 1.63. The Hall–Kier alpha value is -2.71. The average molecular weight is 358 g/mol. The molecule has 132 valence electrons. The number of alkyl halides is 3. The lowest BCUT2D eigenvalue weighted by molar-refractivity contribution is -0.137. The summed E-state index contributed by atoms with van der Waals surface area (Å²) in [6.07, 6.45) is -4.16. The van der Waals surface area contributed by atoms with Crippen molar-refractivity contribution in [1.29, 1.82) is 0 Å². The molecule has 9 heteroatoms. The summed E-state index contributed by atoms with van der Waals surface area (Å²) in [6, 6.07) is 4.64. The van der Waals surface area contributed by atoms with Crippen molar-refractivity contribution in [3.63, 3.8) is 0 Å². The monoisotopic (exact) mass is 358 g/mol. The van der Waals surface area contributed by atoms with Gasteiger partial charge in [-0.15, -0.1) is 0 Å². The van der Waals surface area contributed by atoms with E-state index < -0.39 is 40.9 Å². The number of amides is 1. The van der Waals surface area contributed by atoms with Gasteiger partial charge in [0.2, 0.25) is 5.88 Å². The molecule has 1 aliphatic rings. The van der Waals surface area contributed by atoms with E-state index in [-0.39, 0.29) is 19.0 Å². The number of ether oxygens (including phenoxy) is 1. The normalized spacial score (nSPS) is 15.0. The number of rotatable bonds is 3. The van der Waals surface area contributed by atoms with Crippen molar-refractivity contribution in [2.45, 2.75) is 12.3 Å². The molecule has 0 radical (unpaired) electrons. The molecule has 3 rings (SSSR count). The number of pyridine rings is 1. The molecule has 4 nitrogen and oxygen atoms in total. The van der Waals surface area contributed by atoms with Crippen LogP contribution in [0.15, 0.2) is 36.5 Å². The number of carbonyl (C=O) groups is 1. The molecule has 1 fully saturated rings. The highest BCUT2D eigenvalue weighted by Gasteiger charge is 2.36. The number of likely N-dealkylation sites (tertiary alicyclic amines) is 1. The van der Waals surface area contributed by atoms with Crippen molar-refractivity contribution < 1.29 is 31.5 Å². The Morgan fingerprint density at radius 1 is 1.16 bits per heavy atom. The highest BCUT2D eigenvalue weighted by Crippen LogP contribution is 2.31. The molecule has 2 heterocycles. The van der Waals surface area contributed by atoms with Crippen molar-refractivity contribution in [1.82, 2.24) is 9.88 Å².